The van der Waals surface area contributed by atoms with Crippen molar-refractivity contribution in [3.63, 3.8) is 0 Å². The molecule has 32 heavy (non-hydrogen) atoms. The molecule has 2 aromatic heterocycles. The first-order valence-electron chi connectivity index (χ1n) is 10.4. The lowest BCUT2D eigenvalue weighted by atomic mass is 10.1. The second-order valence-corrected chi connectivity index (χ2v) is 9.56. The summed E-state index contributed by atoms with van der Waals surface area (Å²) in [5, 5.41) is 0. The van der Waals surface area contributed by atoms with Gasteiger partial charge in [-0.25, -0.2) is 9.18 Å². The number of nitrogens with two attached hydrogens (primary N) is 1. The van der Waals surface area contributed by atoms with E-state index in [1.165, 1.54) is 32.9 Å². The lowest BCUT2D eigenvalue weighted by molar-refractivity contribution is 0.0987. The van der Waals surface area contributed by atoms with E-state index in [0.717, 1.165) is 10.4 Å². The zero-order valence-corrected chi connectivity index (χ0v) is 19.3. The second kappa shape index (κ2) is 9.52. The number of amides is 1. The molecule has 3 N–H and O–H groups in total. The third-order valence-corrected chi connectivity index (χ3v) is 5.89. The lowest BCUT2D eigenvalue weighted by Crippen LogP contribution is -2.42. The van der Waals surface area contributed by atoms with Gasteiger partial charge < -0.3 is 5.73 Å². The number of anilines is 2. The number of carbonyl (C=O) groups excluding carboxylic acids is 1. The first-order chi connectivity index (χ1) is 15.1. The summed E-state index contributed by atoms with van der Waals surface area (Å²) in [5.74, 6) is -0.602. The number of H-pyrrole nitrogens is 1. The molecule has 0 saturated heterocycles. The molecule has 3 rings (SSSR count). The largest absolute Gasteiger partial charge is 0.383 e. The normalized spacial score (nSPS) is 11.3. The maximum Gasteiger partial charge on any atom is 0.330 e. The maximum atomic E-state index is 13.5. The van der Waals surface area contributed by atoms with Gasteiger partial charge in [-0.15, -0.1) is 11.3 Å². The van der Waals surface area contributed by atoms with Gasteiger partial charge in [0.2, 0.25) is 0 Å². The number of nitrogens with zero attached hydrogens (tertiary/aromatic N) is 2. The summed E-state index contributed by atoms with van der Waals surface area (Å²) in [6, 6.07) is 9.47. The summed E-state index contributed by atoms with van der Waals surface area (Å²) in [5.41, 5.74) is 5.71. The fourth-order valence-electron chi connectivity index (χ4n) is 3.38. The molecule has 9 heteroatoms. The van der Waals surface area contributed by atoms with Crippen molar-refractivity contribution in [2.24, 2.45) is 11.8 Å². The molecule has 1 amide bonds. The number of aromatic nitrogens is 2. The Morgan fingerprint density at radius 2 is 1.75 bits per heavy atom. The van der Waals surface area contributed by atoms with Crippen LogP contribution in [0.2, 0.25) is 0 Å². The van der Waals surface area contributed by atoms with Crippen molar-refractivity contribution in [3.05, 3.63) is 67.9 Å². The molecule has 0 atom stereocenters. The Bertz CT molecular complexity index is 1230. The quantitative estimate of drug-likeness (QED) is 0.560. The molecule has 3 aromatic rings. The van der Waals surface area contributed by atoms with E-state index in [0.29, 0.717) is 11.4 Å². The van der Waals surface area contributed by atoms with Crippen molar-refractivity contribution >= 4 is 28.7 Å². The lowest BCUT2D eigenvalue weighted by Gasteiger charge is -2.26. The Kier molecular flexibility index (Phi) is 6.98. The molecule has 0 saturated carbocycles. The fourth-order valence-corrected chi connectivity index (χ4v) is 4.34. The fraction of sp³-hybridized carbons (Fsp3) is 0.348. The van der Waals surface area contributed by atoms with Crippen LogP contribution < -0.4 is 21.9 Å². The number of hydrogen-bond acceptors (Lipinski definition) is 5. The zero-order valence-electron chi connectivity index (χ0n) is 18.5. The number of carbonyl (C=O) groups is 1. The van der Waals surface area contributed by atoms with Crippen LogP contribution in [0, 0.1) is 17.7 Å². The first-order valence-corrected chi connectivity index (χ1v) is 11.2. The monoisotopic (exact) mass is 458 g/mol. The predicted octanol–water partition coefficient (Wildman–Crippen LogP) is 3.95. The van der Waals surface area contributed by atoms with Gasteiger partial charge in [0.05, 0.1) is 4.88 Å². The average Bonchev–Trinajstić information content (AvgIpc) is 3.20. The molecule has 0 radical (unpaired) electrons. The van der Waals surface area contributed by atoms with Crippen LogP contribution in [-0.4, -0.2) is 22.0 Å². The van der Waals surface area contributed by atoms with Gasteiger partial charge in [-0.2, -0.15) is 0 Å². The molecule has 0 aliphatic carbocycles. The Balaban J connectivity index is 2.06. The van der Waals surface area contributed by atoms with E-state index in [1.54, 1.807) is 24.3 Å². The zero-order chi connectivity index (χ0) is 23.6. The molecular formula is C23H27FN4O3S. The molecule has 0 aliphatic heterocycles. The average molecular weight is 459 g/mol. The molecule has 0 unspecified atom stereocenters. The molecule has 170 valence electrons. The highest BCUT2D eigenvalue weighted by atomic mass is 32.1. The van der Waals surface area contributed by atoms with Crippen LogP contribution in [0.25, 0.3) is 10.4 Å². The van der Waals surface area contributed by atoms with Crippen LogP contribution in [-0.2, 0) is 6.54 Å². The second-order valence-electron chi connectivity index (χ2n) is 8.48. The first kappa shape index (κ1) is 23.5. The van der Waals surface area contributed by atoms with Gasteiger partial charge in [-0.3, -0.25) is 24.0 Å². The highest BCUT2D eigenvalue weighted by Crippen LogP contribution is 2.30. The third-order valence-electron chi connectivity index (χ3n) is 4.77. The standard InChI is InChI=1S/C23H27FN4O3S/c1-13(2)11-27(19-20(25)28(12-14(3)4)23(31)26-21(19)29)22(30)18-10-9-17(32-18)15-5-7-16(24)8-6-15/h5-10,13-14H,11-12,25H2,1-4H3,(H,26,29,31). The molecule has 0 bridgehead atoms. The van der Waals surface area contributed by atoms with E-state index >= 15 is 0 Å². The molecule has 0 aliphatic rings. The highest BCUT2D eigenvalue weighted by Gasteiger charge is 2.27. The van der Waals surface area contributed by atoms with Crippen molar-refractivity contribution in [1.82, 2.24) is 9.55 Å². The number of rotatable bonds is 7. The Hall–Kier alpha value is -3.20. The van der Waals surface area contributed by atoms with E-state index in [4.69, 9.17) is 5.73 Å². The topological polar surface area (TPSA) is 101 Å². The molecule has 0 fully saturated rings. The molecule has 7 nitrogen and oxygen atoms in total. The van der Waals surface area contributed by atoms with E-state index < -0.39 is 11.2 Å². The number of nitrogens with one attached hydrogen (secondary N) is 1. The number of aromatic amines is 1. The summed E-state index contributed by atoms with van der Waals surface area (Å²) >= 11 is 1.24. The Morgan fingerprint density at radius 1 is 1.09 bits per heavy atom. The van der Waals surface area contributed by atoms with Crippen LogP contribution in [0.3, 0.4) is 0 Å². The summed E-state index contributed by atoms with van der Waals surface area (Å²) in [6.45, 7) is 8.26. The van der Waals surface area contributed by atoms with Gasteiger partial charge in [0.25, 0.3) is 11.5 Å². The summed E-state index contributed by atoms with van der Waals surface area (Å²) in [7, 11) is 0. The van der Waals surface area contributed by atoms with Gasteiger partial charge in [0.1, 0.15) is 11.6 Å². The number of thiophene rings is 1. The summed E-state index contributed by atoms with van der Waals surface area (Å²) < 4.78 is 14.5. The van der Waals surface area contributed by atoms with Crippen LogP contribution in [0.5, 0.6) is 0 Å². The van der Waals surface area contributed by atoms with Gasteiger partial charge in [-0.1, -0.05) is 39.8 Å². The van der Waals surface area contributed by atoms with Crippen molar-refractivity contribution in [2.45, 2.75) is 34.2 Å². The number of benzene rings is 1. The van der Waals surface area contributed by atoms with E-state index in [-0.39, 0.29) is 41.6 Å². The van der Waals surface area contributed by atoms with Gasteiger partial charge >= 0.3 is 5.69 Å². The van der Waals surface area contributed by atoms with Gasteiger partial charge in [0.15, 0.2) is 5.69 Å². The molecular weight excluding hydrogens is 431 g/mol. The predicted molar refractivity (Wildman–Crippen MR) is 127 cm³/mol. The summed E-state index contributed by atoms with van der Waals surface area (Å²) in [4.78, 5) is 43.4. The van der Waals surface area contributed by atoms with E-state index in [1.807, 2.05) is 27.7 Å². The van der Waals surface area contributed by atoms with E-state index in [2.05, 4.69) is 4.98 Å². The molecule has 1 aromatic carbocycles. The SMILES string of the molecule is CC(C)CN(C(=O)c1ccc(-c2ccc(F)cc2)s1)c1c(N)n(CC(C)C)c(=O)[nH]c1=O. The van der Waals surface area contributed by atoms with Crippen molar-refractivity contribution in [2.75, 3.05) is 17.2 Å². The van der Waals surface area contributed by atoms with Crippen molar-refractivity contribution < 1.29 is 9.18 Å². The van der Waals surface area contributed by atoms with Crippen LogP contribution >= 0.6 is 11.3 Å². The minimum Gasteiger partial charge on any atom is -0.383 e. The molecule has 0 spiro atoms. The Morgan fingerprint density at radius 3 is 2.34 bits per heavy atom. The van der Waals surface area contributed by atoms with Gasteiger partial charge in [-0.05, 0) is 41.7 Å². The minimum absolute atomic E-state index is 0.0271. The smallest absolute Gasteiger partial charge is 0.330 e. The Labute approximate surface area is 189 Å². The van der Waals surface area contributed by atoms with Crippen LogP contribution in [0.15, 0.2) is 46.0 Å². The number of halogens is 1. The number of hydrogen-bond donors (Lipinski definition) is 2. The molecule has 2 heterocycles. The van der Waals surface area contributed by atoms with Gasteiger partial charge in [0, 0.05) is 18.0 Å². The van der Waals surface area contributed by atoms with E-state index in [9.17, 15) is 18.8 Å². The number of nitrogen functional groups attached to an aromatic ring is 1. The minimum atomic E-state index is -0.697. The van der Waals surface area contributed by atoms with Crippen molar-refractivity contribution in [1.29, 1.82) is 0 Å². The summed E-state index contributed by atoms with van der Waals surface area (Å²) in [6.07, 6.45) is 0. The highest BCUT2D eigenvalue weighted by molar-refractivity contribution is 7.17. The van der Waals surface area contributed by atoms with Crippen molar-refractivity contribution in [3.8, 4) is 10.4 Å². The third kappa shape index (κ3) is 4.99. The van der Waals surface area contributed by atoms with Crippen LogP contribution in [0.4, 0.5) is 15.9 Å². The van der Waals surface area contributed by atoms with Crippen LogP contribution in [0.1, 0.15) is 37.4 Å². The maximum absolute atomic E-state index is 13.5.